The summed E-state index contributed by atoms with van der Waals surface area (Å²) in [5, 5.41) is 13.7. The summed E-state index contributed by atoms with van der Waals surface area (Å²) in [7, 11) is 1.65. The van der Waals surface area contributed by atoms with Crippen LogP contribution in [0, 0.1) is 13.8 Å². The highest BCUT2D eigenvalue weighted by Gasteiger charge is 2.14. The summed E-state index contributed by atoms with van der Waals surface area (Å²) in [6.07, 6.45) is 0. The molecule has 1 N–H and O–H groups in total. The second-order valence-electron chi connectivity index (χ2n) is 7.17. The van der Waals surface area contributed by atoms with Gasteiger partial charge in [0.1, 0.15) is 21.5 Å². The van der Waals surface area contributed by atoms with Crippen LogP contribution in [0.2, 0.25) is 5.02 Å². The first kappa shape index (κ1) is 23.2. The SMILES string of the molecule is COc1ccc(-c2nc(C)c(-c3ccc(SCC(=O)Nc4cccc(Cl)c4C)nn3)s2)cc1. The maximum absolute atomic E-state index is 12.3. The minimum absolute atomic E-state index is 0.126. The van der Waals surface area contributed by atoms with E-state index in [4.69, 9.17) is 21.3 Å². The number of aromatic nitrogens is 3. The fourth-order valence-corrected chi connectivity index (χ4v) is 4.90. The Morgan fingerprint density at radius 1 is 1.09 bits per heavy atom. The fourth-order valence-electron chi connectivity index (χ4n) is 3.08. The Morgan fingerprint density at radius 2 is 1.88 bits per heavy atom. The lowest BCUT2D eigenvalue weighted by molar-refractivity contribution is -0.113. The molecule has 4 aromatic rings. The largest absolute Gasteiger partial charge is 0.497 e. The van der Waals surface area contributed by atoms with Gasteiger partial charge < -0.3 is 10.1 Å². The molecule has 2 aromatic carbocycles. The number of methoxy groups -OCH3 is 1. The number of nitrogens with one attached hydrogen (secondary N) is 1. The molecule has 0 fully saturated rings. The predicted octanol–water partition coefficient (Wildman–Crippen LogP) is 6.28. The normalized spacial score (nSPS) is 10.8. The molecule has 0 spiro atoms. The van der Waals surface area contributed by atoms with Gasteiger partial charge in [-0.15, -0.1) is 21.5 Å². The number of thioether (sulfide) groups is 1. The number of aryl methyl sites for hydroxylation is 1. The molecule has 0 radical (unpaired) electrons. The Bertz CT molecular complexity index is 1270. The molecule has 2 aromatic heterocycles. The maximum atomic E-state index is 12.3. The first-order chi connectivity index (χ1) is 15.9. The van der Waals surface area contributed by atoms with Gasteiger partial charge in [0.2, 0.25) is 5.91 Å². The van der Waals surface area contributed by atoms with Crippen LogP contribution in [0.25, 0.3) is 21.1 Å². The third kappa shape index (κ3) is 5.52. The lowest BCUT2D eigenvalue weighted by Crippen LogP contribution is -2.15. The number of thiazole rings is 1. The van der Waals surface area contributed by atoms with Gasteiger partial charge in [-0.05, 0) is 67.9 Å². The first-order valence-corrected chi connectivity index (χ1v) is 12.3. The Morgan fingerprint density at radius 3 is 2.58 bits per heavy atom. The summed E-state index contributed by atoms with van der Waals surface area (Å²) in [6, 6.07) is 17.0. The van der Waals surface area contributed by atoms with Gasteiger partial charge in [0.15, 0.2) is 0 Å². The predicted molar refractivity (Wildman–Crippen MR) is 135 cm³/mol. The number of ether oxygens (including phenoxy) is 1. The molecule has 0 unspecified atom stereocenters. The fraction of sp³-hybridized carbons (Fsp3) is 0.167. The van der Waals surface area contributed by atoms with Crippen molar-refractivity contribution in [2.75, 3.05) is 18.2 Å². The highest BCUT2D eigenvalue weighted by molar-refractivity contribution is 7.99. The zero-order chi connectivity index (χ0) is 23.4. The van der Waals surface area contributed by atoms with Crippen molar-refractivity contribution in [1.29, 1.82) is 0 Å². The lowest BCUT2D eigenvalue weighted by atomic mass is 10.2. The van der Waals surface area contributed by atoms with Crippen LogP contribution in [0.5, 0.6) is 5.75 Å². The van der Waals surface area contributed by atoms with Gasteiger partial charge in [0.25, 0.3) is 0 Å². The van der Waals surface area contributed by atoms with Crippen LogP contribution in [-0.2, 0) is 4.79 Å². The Hall–Kier alpha value is -2.94. The number of hydrogen-bond donors (Lipinski definition) is 1. The molecule has 0 aliphatic heterocycles. The van der Waals surface area contributed by atoms with Crippen molar-refractivity contribution in [3.8, 4) is 26.9 Å². The van der Waals surface area contributed by atoms with E-state index in [1.54, 1.807) is 24.5 Å². The average molecular weight is 497 g/mol. The molecule has 168 valence electrons. The molecule has 0 saturated heterocycles. The molecule has 0 atom stereocenters. The number of amides is 1. The van der Waals surface area contributed by atoms with E-state index in [9.17, 15) is 4.79 Å². The Balaban J connectivity index is 1.40. The number of benzene rings is 2. The van der Waals surface area contributed by atoms with Gasteiger partial charge in [0, 0.05) is 16.3 Å². The van der Waals surface area contributed by atoms with Gasteiger partial charge in [-0.2, -0.15) is 0 Å². The monoisotopic (exact) mass is 496 g/mol. The van der Waals surface area contributed by atoms with Crippen LogP contribution < -0.4 is 10.1 Å². The minimum atomic E-state index is -0.126. The molecule has 0 aliphatic rings. The van der Waals surface area contributed by atoms with E-state index in [0.717, 1.165) is 38.1 Å². The van der Waals surface area contributed by atoms with E-state index in [1.807, 2.05) is 62.4 Å². The highest BCUT2D eigenvalue weighted by Crippen LogP contribution is 2.35. The molecule has 0 bridgehead atoms. The van der Waals surface area contributed by atoms with Gasteiger partial charge in [-0.25, -0.2) is 4.98 Å². The molecular weight excluding hydrogens is 476 g/mol. The van der Waals surface area contributed by atoms with Gasteiger partial charge in [0.05, 0.1) is 23.4 Å². The standard InChI is InChI=1S/C24H21ClN4O2S2/c1-14-18(25)5-4-6-19(14)27-21(30)13-32-22-12-11-20(28-29-22)23-15(2)26-24(33-23)16-7-9-17(31-3)10-8-16/h4-12H,13H2,1-3H3,(H,27,30). The molecule has 9 heteroatoms. The maximum Gasteiger partial charge on any atom is 0.234 e. The summed E-state index contributed by atoms with van der Waals surface area (Å²) in [5.41, 5.74) is 4.24. The molecule has 4 rings (SSSR count). The number of hydrogen-bond acceptors (Lipinski definition) is 7. The summed E-state index contributed by atoms with van der Waals surface area (Å²) in [6.45, 7) is 3.84. The quantitative estimate of drug-likeness (QED) is 0.303. The van der Waals surface area contributed by atoms with E-state index in [-0.39, 0.29) is 11.7 Å². The second kappa shape index (κ2) is 10.3. The minimum Gasteiger partial charge on any atom is -0.497 e. The van der Waals surface area contributed by atoms with Crippen LogP contribution in [-0.4, -0.2) is 34.0 Å². The molecule has 0 aliphatic carbocycles. The summed E-state index contributed by atoms with van der Waals surface area (Å²) >= 11 is 9.01. The number of rotatable bonds is 7. The van der Waals surface area contributed by atoms with Crippen LogP contribution >= 0.6 is 34.7 Å². The topological polar surface area (TPSA) is 77.0 Å². The third-order valence-electron chi connectivity index (χ3n) is 4.90. The Labute approximate surface area is 205 Å². The number of halogens is 1. The van der Waals surface area contributed by atoms with Crippen molar-refractivity contribution in [2.24, 2.45) is 0 Å². The van der Waals surface area contributed by atoms with E-state index in [0.29, 0.717) is 15.7 Å². The third-order valence-corrected chi connectivity index (χ3v) is 7.46. The first-order valence-electron chi connectivity index (χ1n) is 10.1. The summed E-state index contributed by atoms with van der Waals surface area (Å²) < 4.78 is 5.22. The average Bonchev–Trinajstić information content (AvgIpc) is 3.22. The lowest BCUT2D eigenvalue weighted by Gasteiger charge is -2.09. The van der Waals surface area contributed by atoms with Gasteiger partial charge in [-0.3, -0.25) is 4.79 Å². The second-order valence-corrected chi connectivity index (χ2v) is 9.57. The summed E-state index contributed by atoms with van der Waals surface area (Å²) in [4.78, 5) is 18.0. The van der Waals surface area contributed by atoms with E-state index in [1.165, 1.54) is 11.8 Å². The zero-order valence-corrected chi connectivity index (χ0v) is 20.6. The van der Waals surface area contributed by atoms with E-state index in [2.05, 4.69) is 15.5 Å². The van der Waals surface area contributed by atoms with Gasteiger partial charge in [-0.1, -0.05) is 29.4 Å². The van der Waals surface area contributed by atoms with Crippen molar-refractivity contribution >= 4 is 46.3 Å². The van der Waals surface area contributed by atoms with Crippen molar-refractivity contribution in [3.63, 3.8) is 0 Å². The van der Waals surface area contributed by atoms with E-state index < -0.39 is 0 Å². The van der Waals surface area contributed by atoms with Crippen LogP contribution in [0.4, 0.5) is 5.69 Å². The van der Waals surface area contributed by atoms with Crippen LogP contribution in [0.3, 0.4) is 0 Å². The number of carbonyl (C=O) groups excluding carboxylic acids is 1. The summed E-state index contributed by atoms with van der Waals surface area (Å²) in [5.74, 6) is 0.905. The van der Waals surface area contributed by atoms with Crippen molar-refractivity contribution in [2.45, 2.75) is 18.9 Å². The van der Waals surface area contributed by atoms with Crippen molar-refractivity contribution < 1.29 is 9.53 Å². The number of nitrogens with zero attached hydrogens (tertiary/aromatic N) is 3. The number of anilines is 1. The Kier molecular flexibility index (Phi) is 7.27. The van der Waals surface area contributed by atoms with E-state index >= 15 is 0 Å². The molecular formula is C24H21ClN4O2S2. The molecule has 1 amide bonds. The van der Waals surface area contributed by atoms with Crippen LogP contribution in [0.1, 0.15) is 11.3 Å². The molecule has 0 saturated carbocycles. The zero-order valence-electron chi connectivity index (χ0n) is 18.3. The molecule has 33 heavy (non-hydrogen) atoms. The smallest absolute Gasteiger partial charge is 0.234 e. The van der Waals surface area contributed by atoms with Crippen LogP contribution in [0.15, 0.2) is 59.6 Å². The number of carbonyl (C=O) groups is 1. The highest BCUT2D eigenvalue weighted by atomic mass is 35.5. The van der Waals surface area contributed by atoms with Crippen molar-refractivity contribution in [3.05, 3.63) is 70.9 Å². The molecule has 2 heterocycles. The van der Waals surface area contributed by atoms with Crippen molar-refractivity contribution in [1.82, 2.24) is 15.2 Å². The molecule has 6 nitrogen and oxygen atoms in total. The van der Waals surface area contributed by atoms with Gasteiger partial charge >= 0.3 is 0 Å².